The highest BCUT2D eigenvalue weighted by molar-refractivity contribution is 6.19. The second-order valence-corrected chi connectivity index (χ2v) is 4.51. The topological polar surface area (TPSA) is 20.3 Å². The van der Waals surface area contributed by atoms with Crippen molar-refractivity contribution >= 4 is 17.5 Å². The van der Waals surface area contributed by atoms with Gasteiger partial charge in [-0.05, 0) is 19.8 Å². The van der Waals surface area contributed by atoms with Crippen molar-refractivity contribution in [1.29, 1.82) is 0 Å². The third kappa shape index (κ3) is 4.87. The van der Waals surface area contributed by atoms with Gasteiger partial charge in [0.2, 0.25) is 5.91 Å². The van der Waals surface area contributed by atoms with E-state index in [0.29, 0.717) is 11.9 Å². The molecule has 0 spiro atoms. The predicted octanol–water partition coefficient (Wildman–Crippen LogP) is 3.29. The van der Waals surface area contributed by atoms with Gasteiger partial charge in [0.25, 0.3) is 0 Å². The van der Waals surface area contributed by atoms with E-state index in [0.717, 1.165) is 25.8 Å². The Morgan fingerprint density at radius 2 is 1.93 bits per heavy atom. The Morgan fingerprint density at radius 1 is 1.33 bits per heavy atom. The minimum atomic E-state index is -0.0578. The van der Waals surface area contributed by atoms with Crippen LogP contribution in [0, 0.1) is 5.92 Å². The molecule has 0 bridgehead atoms. The maximum absolute atomic E-state index is 12.0. The van der Waals surface area contributed by atoms with Gasteiger partial charge in [-0.3, -0.25) is 4.79 Å². The van der Waals surface area contributed by atoms with Crippen LogP contribution in [0.5, 0.6) is 0 Å². The molecule has 2 unspecified atom stereocenters. The first kappa shape index (κ1) is 14.8. The van der Waals surface area contributed by atoms with Gasteiger partial charge in [-0.15, -0.1) is 11.6 Å². The van der Waals surface area contributed by atoms with Crippen LogP contribution in [0.15, 0.2) is 0 Å². The highest BCUT2D eigenvalue weighted by atomic mass is 35.5. The standard InChI is InChI=1S/C12H24ClNO/c1-5-7-8-14(11(4)6-2)12(15)10(3)9-13/h10-11H,5-9H2,1-4H3. The van der Waals surface area contributed by atoms with Gasteiger partial charge in [0.05, 0.1) is 0 Å². The molecular weight excluding hydrogens is 210 g/mol. The zero-order valence-corrected chi connectivity index (χ0v) is 11.2. The quantitative estimate of drug-likeness (QED) is 0.618. The maximum atomic E-state index is 12.0. The average molecular weight is 234 g/mol. The fourth-order valence-corrected chi connectivity index (χ4v) is 1.58. The smallest absolute Gasteiger partial charge is 0.226 e. The lowest BCUT2D eigenvalue weighted by molar-refractivity contribution is -0.136. The Balaban J connectivity index is 4.39. The summed E-state index contributed by atoms with van der Waals surface area (Å²) in [6, 6.07) is 0.328. The lowest BCUT2D eigenvalue weighted by atomic mass is 10.1. The molecule has 2 nitrogen and oxygen atoms in total. The Labute approximate surface area is 99.0 Å². The Hall–Kier alpha value is -0.240. The number of hydrogen-bond acceptors (Lipinski definition) is 1. The van der Waals surface area contributed by atoms with Crippen LogP contribution >= 0.6 is 11.6 Å². The van der Waals surface area contributed by atoms with Crippen LogP contribution in [0.25, 0.3) is 0 Å². The van der Waals surface area contributed by atoms with Crippen molar-refractivity contribution in [2.45, 2.75) is 53.0 Å². The molecule has 0 saturated heterocycles. The number of alkyl halides is 1. The van der Waals surface area contributed by atoms with Crippen molar-refractivity contribution in [2.24, 2.45) is 5.92 Å². The Kier molecular flexibility index (Phi) is 7.85. The molecule has 90 valence electrons. The number of nitrogens with zero attached hydrogens (tertiary/aromatic N) is 1. The third-order valence-corrected chi connectivity index (χ3v) is 3.27. The predicted molar refractivity (Wildman–Crippen MR) is 66.3 cm³/mol. The fraction of sp³-hybridized carbons (Fsp3) is 0.917. The molecule has 2 atom stereocenters. The van der Waals surface area contributed by atoms with Gasteiger partial charge in [-0.1, -0.05) is 27.2 Å². The van der Waals surface area contributed by atoms with Crippen LogP contribution in [0.4, 0.5) is 0 Å². The SMILES string of the molecule is CCCCN(C(=O)C(C)CCl)C(C)CC. The second-order valence-electron chi connectivity index (χ2n) is 4.20. The number of carbonyl (C=O) groups excluding carboxylic acids is 1. The van der Waals surface area contributed by atoms with E-state index in [1.54, 1.807) is 0 Å². The number of hydrogen-bond donors (Lipinski definition) is 0. The molecule has 0 aromatic heterocycles. The minimum absolute atomic E-state index is 0.0578. The van der Waals surface area contributed by atoms with E-state index in [1.807, 2.05) is 11.8 Å². The van der Waals surface area contributed by atoms with E-state index in [9.17, 15) is 4.79 Å². The molecule has 0 radical (unpaired) electrons. The van der Waals surface area contributed by atoms with Gasteiger partial charge in [-0.25, -0.2) is 0 Å². The molecule has 0 aromatic carbocycles. The highest BCUT2D eigenvalue weighted by Crippen LogP contribution is 2.12. The van der Waals surface area contributed by atoms with E-state index in [1.165, 1.54) is 0 Å². The molecule has 0 heterocycles. The maximum Gasteiger partial charge on any atom is 0.226 e. The third-order valence-electron chi connectivity index (χ3n) is 2.81. The first-order valence-corrected chi connectivity index (χ1v) is 6.48. The normalized spacial score (nSPS) is 14.7. The number of carbonyl (C=O) groups is 1. The van der Waals surface area contributed by atoms with E-state index < -0.39 is 0 Å². The lowest BCUT2D eigenvalue weighted by Gasteiger charge is -2.30. The van der Waals surface area contributed by atoms with Crippen molar-refractivity contribution in [3.05, 3.63) is 0 Å². The summed E-state index contributed by atoms with van der Waals surface area (Å²) in [6.07, 6.45) is 3.20. The summed E-state index contributed by atoms with van der Waals surface area (Å²) in [5, 5.41) is 0. The molecule has 0 aliphatic rings. The molecule has 0 aliphatic heterocycles. The van der Waals surface area contributed by atoms with E-state index in [-0.39, 0.29) is 11.8 Å². The number of rotatable bonds is 7. The van der Waals surface area contributed by atoms with Crippen molar-refractivity contribution < 1.29 is 4.79 Å². The van der Waals surface area contributed by atoms with Gasteiger partial charge >= 0.3 is 0 Å². The van der Waals surface area contributed by atoms with Crippen LogP contribution < -0.4 is 0 Å². The average Bonchev–Trinajstić information content (AvgIpc) is 2.27. The van der Waals surface area contributed by atoms with Gasteiger partial charge < -0.3 is 4.90 Å². The van der Waals surface area contributed by atoms with Crippen molar-refractivity contribution in [1.82, 2.24) is 4.90 Å². The molecule has 0 aromatic rings. The minimum Gasteiger partial charge on any atom is -0.340 e. The fourth-order valence-electron chi connectivity index (χ4n) is 1.45. The molecule has 0 aliphatic carbocycles. The summed E-state index contributed by atoms with van der Waals surface area (Å²) in [5.41, 5.74) is 0. The number of halogens is 1. The van der Waals surface area contributed by atoms with E-state index >= 15 is 0 Å². The highest BCUT2D eigenvalue weighted by Gasteiger charge is 2.22. The first-order valence-electron chi connectivity index (χ1n) is 5.94. The van der Waals surface area contributed by atoms with Crippen molar-refractivity contribution in [3.8, 4) is 0 Å². The molecule has 0 rings (SSSR count). The Morgan fingerprint density at radius 3 is 2.33 bits per heavy atom. The van der Waals surface area contributed by atoms with E-state index in [4.69, 9.17) is 11.6 Å². The molecule has 1 amide bonds. The summed E-state index contributed by atoms with van der Waals surface area (Å²) in [4.78, 5) is 14.0. The summed E-state index contributed by atoms with van der Waals surface area (Å²) in [6.45, 7) is 9.13. The number of unbranched alkanes of at least 4 members (excludes halogenated alkanes) is 1. The Bertz CT molecular complexity index is 184. The summed E-state index contributed by atoms with van der Waals surface area (Å²) < 4.78 is 0. The molecular formula is C12H24ClNO. The van der Waals surface area contributed by atoms with Crippen LogP contribution in [0.2, 0.25) is 0 Å². The number of amides is 1. The molecule has 15 heavy (non-hydrogen) atoms. The van der Waals surface area contributed by atoms with Gasteiger partial charge in [0.1, 0.15) is 0 Å². The zero-order valence-electron chi connectivity index (χ0n) is 10.4. The van der Waals surface area contributed by atoms with Crippen LogP contribution in [-0.2, 0) is 4.79 Å². The summed E-state index contributed by atoms with van der Waals surface area (Å²) >= 11 is 5.73. The summed E-state index contributed by atoms with van der Waals surface area (Å²) in [5.74, 6) is 0.558. The van der Waals surface area contributed by atoms with Crippen LogP contribution in [0.1, 0.15) is 47.0 Å². The van der Waals surface area contributed by atoms with Gasteiger partial charge in [0.15, 0.2) is 0 Å². The van der Waals surface area contributed by atoms with Gasteiger partial charge in [0, 0.05) is 24.4 Å². The molecule has 0 saturated carbocycles. The zero-order chi connectivity index (χ0) is 11.8. The van der Waals surface area contributed by atoms with E-state index in [2.05, 4.69) is 20.8 Å². The monoisotopic (exact) mass is 233 g/mol. The van der Waals surface area contributed by atoms with Crippen LogP contribution in [-0.4, -0.2) is 29.3 Å². The molecule has 0 fully saturated rings. The second kappa shape index (κ2) is 7.98. The molecule has 0 N–H and O–H groups in total. The van der Waals surface area contributed by atoms with Crippen molar-refractivity contribution in [3.63, 3.8) is 0 Å². The lowest BCUT2D eigenvalue weighted by Crippen LogP contribution is -2.42. The molecule has 3 heteroatoms. The largest absolute Gasteiger partial charge is 0.340 e. The van der Waals surface area contributed by atoms with Crippen LogP contribution in [0.3, 0.4) is 0 Å². The first-order chi connectivity index (χ1) is 7.08. The summed E-state index contributed by atoms with van der Waals surface area (Å²) in [7, 11) is 0. The van der Waals surface area contributed by atoms with Crippen molar-refractivity contribution in [2.75, 3.05) is 12.4 Å². The van der Waals surface area contributed by atoms with Gasteiger partial charge in [-0.2, -0.15) is 0 Å².